The Bertz CT molecular complexity index is 647. The van der Waals surface area contributed by atoms with E-state index in [1.165, 1.54) is 12.3 Å². The second-order valence-electron chi connectivity index (χ2n) is 4.56. The first-order chi connectivity index (χ1) is 9.23. The molecule has 1 aromatic heterocycles. The minimum absolute atomic E-state index is 0.260. The first-order valence-corrected chi connectivity index (χ1v) is 5.73. The number of carbonyl (C=O) groups excluding carboxylic acids is 1. The number of halogens is 3. The lowest BCUT2D eigenvalue weighted by Gasteiger charge is -2.26. The van der Waals surface area contributed by atoms with Crippen molar-refractivity contribution in [3.05, 3.63) is 36.7 Å². The van der Waals surface area contributed by atoms with E-state index in [0.717, 1.165) is 0 Å². The molecule has 0 radical (unpaired) electrons. The molecule has 20 heavy (non-hydrogen) atoms. The Balaban J connectivity index is 2.36. The topological polar surface area (TPSA) is 68.0 Å². The zero-order chi connectivity index (χ0) is 15.0. The SMILES string of the molecule is CC(N)(C(=O)Nc1cccc2cnccc12)C(F)(F)F. The van der Waals surface area contributed by atoms with Crippen LogP contribution in [0.3, 0.4) is 0 Å². The van der Waals surface area contributed by atoms with Crippen molar-refractivity contribution in [1.29, 1.82) is 0 Å². The van der Waals surface area contributed by atoms with Crippen molar-refractivity contribution in [2.24, 2.45) is 5.73 Å². The largest absolute Gasteiger partial charge is 0.415 e. The summed E-state index contributed by atoms with van der Waals surface area (Å²) < 4.78 is 38.1. The van der Waals surface area contributed by atoms with E-state index < -0.39 is 17.6 Å². The third-order valence-corrected chi connectivity index (χ3v) is 2.99. The lowest BCUT2D eigenvalue weighted by Crippen LogP contribution is -2.59. The normalized spacial score (nSPS) is 14.8. The molecule has 106 valence electrons. The Morgan fingerprint density at radius 3 is 2.65 bits per heavy atom. The van der Waals surface area contributed by atoms with Gasteiger partial charge in [0.05, 0.1) is 0 Å². The highest BCUT2D eigenvalue weighted by molar-refractivity contribution is 6.05. The van der Waals surface area contributed by atoms with Gasteiger partial charge in [0, 0.05) is 28.9 Å². The van der Waals surface area contributed by atoms with Crippen LogP contribution in [0.25, 0.3) is 10.8 Å². The Labute approximate surface area is 112 Å². The summed E-state index contributed by atoms with van der Waals surface area (Å²) in [5, 5.41) is 3.52. The number of carbonyl (C=O) groups is 1. The molecular weight excluding hydrogens is 271 g/mol. The number of aromatic nitrogens is 1. The zero-order valence-corrected chi connectivity index (χ0v) is 10.5. The van der Waals surface area contributed by atoms with E-state index in [2.05, 4.69) is 10.3 Å². The summed E-state index contributed by atoms with van der Waals surface area (Å²) in [5.74, 6) is -1.31. The molecule has 0 fully saturated rings. The van der Waals surface area contributed by atoms with E-state index in [1.807, 2.05) is 0 Å². The fourth-order valence-corrected chi connectivity index (χ4v) is 1.61. The number of nitrogens with zero attached hydrogens (tertiary/aromatic N) is 1. The van der Waals surface area contributed by atoms with Gasteiger partial charge in [0.1, 0.15) is 0 Å². The predicted molar refractivity (Wildman–Crippen MR) is 69.0 cm³/mol. The van der Waals surface area contributed by atoms with Crippen molar-refractivity contribution >= 4 is 22.4 Å². The molecule has 0 aliphatic carbocycles. The molecule has 0 aliphatic rings. The van der Waals surface area contributed by atoms with Crippen LogP contribution in [0, 0.1) is 0 Å². The van der Waals surface area contributed by atoms with Crippen molar-refractivity contribution in [3.63, 3.8) is 0 Å². The number of nitrogens with two attached hydrogens (primary N) is 1. The lowest BCUT2D eigenvalue weighted by molar-refractivity contribution is -0.184. The maximum Gasteiger partial charge on any atom is 0.415 e. The molecule has 0 saturated carbocycles. The molecule has 1 amide bonds. The van der Waals surface area contributed by atoms with E-state index >= 15 is 0 Å². The Morgan fingerprint density at radius 1 is 1.30 bits per heavy atom. The second-order valence-corrected chi connectivity index (χ2v) is 4.56. The lowest BCUT2D eigenvalue weighted by atomic mass is 10.0. The van der Waals surface area contributed by atoms with Crippen molar-refractivity contribution in [2.45, 2.75) is 18.6 Å². The molecule has 1 unspecified atom stereocenters. The minimum atomic E-state index is -4.83. The molecule has 2 rings (SSSR count). The number of benzene rings is 1. The highest BCUT2D eigenvalue weighted by atomic mass is 19.4. The van der Waals surface area contributed by atoms with E-state index in [9.17, 15) is 18.0 Å². The molecule has 1 aromatic carbocycles. The van der Waals surface area contributed by atoms with Gasteiger partial charge in [-0.3, -0.25) is 9.78 Å². The van der Waals surface area contributed by atoms with Gasteiger partial charge in [-0.05, 0) is 19.1 Å². The van der Waals surface area contributed by atoms with Crippen LogP contribution in [0.2, 0.25) is 0 Å². The van der Waals surface area contributed by atoms with Gasteiger partial charge in [0.15, 0.2) is 5.54 Å². The number of hydrogen-bond donors (Lipinski definition) is 2. The van der Waals surface area contributed by atoms with Crippen LogP contribution < -0.4 is 11.1 Å². The van der Waals surface area contributed by atoms with Gasteiger partial charge in [0.25, 0.3) is 5.91 Å². The van der Waals surface area contributed by atoms with Gasteiger partial charge in [-0.2, -0.15) is 13.2 Å². The van der Waals surface area contributed by atoms with Crippen molar-refractivity contribution in [1.82, 2.24) is 4.98 Å². The molecule has 0 bridgehead atoms. The fourth-order valence-electron chi connectivity index (χ4n) is 1.61. The molecule has 1 heterocycles. The third kappa shape index (κ3) is 2.44. The molecule has 0 aliphatic heterocycles. The Hall–Kier alpha value is -2.15. The standard InChI is InChI=1S/C13H12F3N3O/c1-12(17,13(14,15)16)11(20)19-10-4-2-3-8-7-18-6-5-9(8)10/h2-7H,17H2,1H3,(H,19,20). The van der Waals surface area contributed by atoms with Gasteiger partial charge in [-0.1, -0.05) is 12.1 Å². The van der Waals surface area contributed by atoms with E-state index in [1.54, 1.807) is 24.4 Å². The van der Waals surface area contributed by atoms with Crippen molar-refractivity contribution < 1.29 is 18.0 Å². The van der Waals surface area contributed by atoms with Gasteiger partial charge in [-0.15, -0.1) is 0 Å². The Kier molecular flexibility index (Phi) is 3.39. The maximum absolute atomic E-state index is 12.7. The molecule has 1 atom stereocenters. The van der Waals surface area contributed by atoms with E-state index in [-0.39, 0.29) is 5.69 Å². The summed E-state index contributed by atoms with van der Waals surface area (Å²) >= 11 is 0. The number of hydrogen-bond acceptors (Lipinski definition) is 3. The smallest absolute Gasteiger partial charge is 0.324 e. The monoisotopic (exact) mass is 283 g/mol. The highest BCUT2D eigenvalue weighted by Crippen LogP contribution is 2.30. The maximum atomic E-state index is 12.7. The first-order valence-electron chi connectivity index (χ1n) is 5.73. The molecule has 3 N–H and O–H groups in total. The van der Waals surface area contributed by atoms with Crippen LogP contribution in [-0.2, 0) is 4.79 Å². The van der Waals surface area contributed by atoms with Gasteiger partial charge < -0.3 is 11.1 Å². The molecule has 0 saturated heterocycles. The molecular formula is C13H12F3N3O. The number of alkyl halides is 3. The van der Waals surface area contributed by atoms with Crippen LogP contribution >= 0.6 is 0 Å². The number of nitrogens with one attached hydrogen (secondary N) is 1. The van der Waals surface area contributed by atoms with Crippen molar-refractivity contribution in [3.8, 4) is 0 Å². The van der Waals surface area contributed by atoms with Crippen LogP contribution in [0.5, 0.6) is 0 Å². The highest BCUT2D eigenvalue weighted by Gasteiger charge is 2.54. The summed E-state index contributed by atoms with van der Waals surface area (Å²) in [7, 11) is 0. The predicted octanol–water partition coefficient (Wildman–Crippen LogP) is 2.45. The summed E-state index contributed by atoms with van der Waals surface area (Å²) in [6.07, 6.45) is -1.79. The summed E-state index contributed by atoms with van der Waals surface area (Å²) in [4.78, 5) is 15.7. The second kappa shape index (κ2) is 4.75. The first kappa shape index (κ1) is 14.3. The van der Waals surface area contributed by atoms with E-state index in [0.29, 0.717) is 17.7 Å². The van der Waals surface area contributed by atoms with Gasteiger partial charge >= 0.3 is 6.18 Å². The number of rotatable bonds is 2. The third-order valence-electron chi connectivity index (χ3n) is 2.99. The molecule has 0 spiro atoms. The Morgan fingerprint density at radius 2 is 2.00 bits per heavy atom. The molecule has 4 nitrogen and oxygen atoms in total. The van der Waals surface area contributed by atoms with Gasteiger partial charge in [-0.25, -0.2) is 0 Å². The number of pyridine rings is 1. The summed E-state index contributed by atoms with van der Waals surface area (Å²) in [6, 6.07) is 6.46. The number of fused-ring (bicyclic) bond motifs is 1. The van der Waals surface area contributed by atoms with Crippen LogP contribution in [0.1, 0.15) is 6.92 Å². The van der Waals surface area contributed by atoms with Crippen LogP contribution in [0.4, 0.5) is 18.9 Å². The fraction of sp³-hybridized carbons (Fsp3) is 0.231. The van der Waals surface area contributed by atoms with Crippen LogP contribution in [-0.4, -0.2) is 22.6 Å². The quantitative estimate of drug-likeness (QED) is 0.889. The molecule has 7 heteroatoms. The van der Waals surface area contributed by atoms with Gasteiger partial charge in [0.2, 0.25) is 0 Å². The summed E-state index contributed by atoms with van der Waals surface area (Å²) in [6.45, 7) is 0.634. The average molecular weight is 283 g/mol. The average Bonchev–Trinajstić information content (AvgIpc) is 2.37. The van der Waals surface area contributed by atoms with E-state index in [4.69, 9.17) is 5.73 Å². The molecule has 2 aromatic rings. The minimum Gasteiger partial charge on any atom is -0.324 e. The van der Waals surface area contributed by atoms with Crippen molar-refractivity contribution in [2.75, 3.05) is 5.32 Å². The van der Waals surface area contributed by atoms with Crippen LogP contribution in [0.15, 0.2) is 36.7 Å². The summed E-state index contributed by atoms with van der Waals surface area (Å²) in [5.41, 5.74) is 2.38. The zero-order valence-electron chi connectivity index (χ0n) is 10.5. The number of anilines is 1. The number of amides is 1.